The Kier molecular flexibility index (Phi) is 2.64. The van der Waals surface area contributed by atoms with E-state index in [1.54, 1.807) is 0 Å². The molecule has 4 nitrogen and oxygen atoms in total. The average Bonchev–Trinajstić information content (AvgIpc) is 2.36. The minimum atomic E-state index is -4.57. The standard InChI is InChI=1S/C5H6F3N3O/c6-5(7,8)12-2-1-11-4-9-3-10-11/h3-4H,1-2H2. The van der Waals surface area contributed by atoms with Crippen molar-refractivity contribution in [2.75, 3.05) is 6.61 Å². The van der Waals surface area contributed by atoms with E-state index in [9.17, 15) is 13.2 Å². The van der Waals surface area contributed by atoms with Crippen molar-refractivity contribution < 1.29 is 17.9 Å². The fourth-order valence-electron chi connectivity index (χ4n) is 0.603. The van der Waals surface area contributed by atoms with Crippen LogP contribution in [0.25, 0.3) is 0 Å². The number of ether oxygens (including phenoxy) is 1. The Bertz CT molecular complexity index is 220. The van der Waals surface area contributed by atoms with Crippen LogP contribution >= 0.6 is 0 Å². The van der Waals surface area contributed by atoms with Gasteiger partial charge in [0.05, 0.1) is 13.2 Å². The highest BCUT2D eigenvalue weighted by Crippen LogP contribution is 2.15. The third kappa shape index (κ3) is 3.33. The van der Waals surface area contributed by atoms with Gasteiger partial charge >= 0.3 is 6.36 Å². The average molecular weight is 181 g/mol. The molecule has 0 aliphatic carbocycles. The molecule has 0 spiro atoms. The Labute approximate surface area is 66.0 Å². The van der Waals surface area contributed by atoms with E-state index in [1.807, 2.05) is 0 Å². The van der Waals surface area contributed by atoms with Crippen LogP contribution in [0.4, 0.5) is 13.2 Å². The molecule has 0 aliphatic heterocycles. The Morgan fingerprint density at radius 3 is 2.67 bits per heavy atom. The first-order valence-corrected chi connectivity index (χ1v) is 3.11. The Balaban J connectivity index is 2.20. The molecular formula is C5H6F3N3O. The van der Waals surface area contributed by atoms with Gasteiger partial charge in [-0.15, -0.1) is 13.2 Å². The third-order valence-electron chi connectivity index (χ3n) is 1.05. The van der Waals surface area contributed by atoms with Gasteiger partial charge in [0.2, 0.25) is 0 Å². The molecule has 1 aromatic heterocycles. The van der Waals surface area contributed by atoms with E-state index in [1.165, 1.54) is 17.3 Å². The number of alkyl halides is 3. The van der Waals surface area contributed by atoms with Gasteiger partial charge in [-0.3, -0.25) is 9.42 Å². The summed E-state index contributed by atoms with van der Waals surface area (Å²) in [4.78, 5) is 3.55. The van der Waals surface area contributed by atoms with Crippen LogP contribution in [0.15, 0.2) is 12.7 Å². The lowest BCUT2D eigenvalue weighted by Gasteiger charge is -2.06. The number of nitrogens with zero attached hydrogens (tertiary/aromatic N) is 3. The summed E-state index contributed by atoms with van der Waals surface area (Å²) in [6, 6.07) is 0. The normalized spacial score (nSPS) is 11.9. The summed E-state index contributed by atoms with van der Waals surface area (Å²) < 4.78 is 39.0. The molecule has 0 unspecified atom stereocenters. The summed E-state index contributed by atoms with van der Waals surface area (Å²) in [5.74, 6) is 0. The Hall–Kier alpha value is -1.11. The molecule has 1 rings (SSSR count). The van der Waals surface area contributed by atoms with E-state index in [4.69, 9.17) is 0 Å². The molecule has 0 radical (unpaired) electrons. The number of aromatic nitrogens is 3. The predicted octanol–water partition coefficient (Wildman–Crippen LogP) is 0.814. The van der Waals surface area contributed by atoms with Crippen LogP contribution in [0.2, 0.25) is 0 Å². The minimum Gasteiger partial charge on any atom is -0.290 e. The van der Waals surface area contributed by atoms with Crippen molar-refractivity contribution in [1.82, 2.24) is 14.8 Å². The van der Waals surface area contributed by atoms with Gasteiger partial charge in [0.15, 0.2) is 0 Å². The van der Waals surface area contributed by atoms with Crippen molar-refractivity contribution in [3.05, 3.63) is 12.7 Å². The molecule has 0 fully saturated rings. The van der Waals surface area contributed by atoms with Crippen LogP contribution in [0, 0.1) is 0 Å². The molecule has 12 heavy (non-hydrogen) atoms. The number of halogens is 3. The van der Waals surface area contributed by atoms with Gasteiger partial charge in [0.1, 0.15) is 12.7 Å². The van der Waals surface area contributed by atoms with Gasteiger partial charge < -0.3 is 0 Å². The van der Waals surface area contributed by atoms with E-state index in [-0.39, 0.29) is 6.54 Å². The molecule has 0 aromatic carbocycles. The molecule has 1 heterocycles. The van der Waals surface area contributed by atoms with E-state index in [0.29, 0.717) is 0 Å². The quantitative estimate of drug-likeness (QED) is 0.692. The van der Waals surface area contributed by atoms with Crippen molar-refractivity contribution in [3.8, 4) is 0 Å². The Morgan fingerprint density at radius 2 is 2.17 bits per heavy atom. The zero-order chi connectivity index (χ0) is 9.03. The molecule has 0 atom stereocenters. The van der Waals surface area contributed by atoms with E-state index < -0.39 is 13.0 Å². The first kappa shape index (κ1) is 8.98. The van der Waals surface area contributed by atoms with Gasteiger partial charge in [-0.25, -0.2) is 4.98 Å². The summed E-state index contributed by atoms with van der Waals surface area (Å²) >= 11 is 0. The van der Waals surface area contributed by atoms with Crippen molar-refractivity contribution in [2.45, 2.75) is 12.9 Å². The lowest BCUT2D eigenvalue weighted by molar-refractivity contribution is -0.325. The zero-order valence-electron chi connectivity index (χ0n) is 5.95. The molecule has 0 aliphatic rings. The van der Waals surface area contributed by atoms with Crippen molar-refractivity contribution in [2.24, 2.45) is 0 Å². The molecule has 7 heteroatoms. The molecule has 0 N–H and O–H groups in total. The second kappa shape index (κ2) is 3.53. The van der Waals surface area contributed by atoms with Gasteiger partial charge in [0, 0.05) is 0 Å². The molecule has 0 amide bonds. The maximum Gasteiger partial charge on any atom is 0.522 e. The van der Waals surface area contributed by atoms with Crippen LogP contribution < -0.4 is 0 Å². The lowest BCUT2D eigenvalue weighted by atomic mass is 10.7. The monoisotopic (exact) mass is 181 g/mol. The smallest absolute Gasteiger partial charge is 0.290 e. The number of rotatable bonds is 3. The van der Waals surface area contributed by atoms with Gasteiger partial charge in [0.25, 0.3) is 0 Å². The molecular weight excluding hydrogens is 175 g/mol. The van der Waals surface area contributed by atoms with Crippen LogP contribution in [0.3, 0.4) is 0 Å². The number of hydrogen-bond acceptors (Lipinski definition) is 3. The molecule has 0 saturated heterocycles. The maximum atomic E-state index is 11.4. The van der Waals surface area contributed by atoms with Gasteiger partial charge in [-0.2, -0.15) is 5.10 Å². The van der Waals surface area contributed by atoms with Crippen molar-refractivity contribution in [3.63, 3.8) is 0 Å². The molecule has 1 aromatic rings. The first-order valence-electron chi connectivity index (χ1n) is 3.11. The van der Waals surface area contributed by atoms with E-state index in [0.717, 1.165) is 0 Å². The van der Waals surface area contributed by atoms with E-state index >= 15 is 0 Å². The van der Waals surface area contributed by atoms with Crippen molar-refractivity contribution >= 4 is 0 Å². The molecule has 0 bridgehead atoms. The maximum absolute atomic E-state index is 11.4. The highest BCUT2D eigenvalue weighted by molar-refractivity contribution is 4.54. The summed E-state index contributed by atoms with van der Waals surface area (Å²) in [6.45, 7) is -0.410. The Morgan fingerprint density at radius 1 is 1.42 bits per heavy atom. The van der Waals surface area contributed by atoms with Crippen LogP contribution in [0.1, 0.15) is 0 Å². The van der Waals surface area contributed by atoms with Crippen LogP contribution in [-0.2, 0) is 11.3 Å². The molecule has 0 saturated carbocycles. The topological polar surface area (TPSA) is 39.9 Å². The minimum absolute atomic E-state index is 0.0412. The SMILES string of the molecule is FC(F)(F)OCCn1cncn1. The zero-order valence-corrected chi connectivity index (χ0v) is 5.95. The largest absolute Gasteiger partial charge is 0.522 e. The van der Waals surface area contributed by atoms with E-state index in [2.05, 4.69) is 14.8 Å². The predicted molar refractivity (Wildman–Crippen MR) is 32.0 cm³/mol. The summed E-state index contributed by atoms with van der Waals surface area (Å²) in [7, 11) is 0. The number of hydrogen-bond donors (Lipinski definition) is 0. The van der Waals surface area contributed by atoms with Gasteiger partial charge in [-0.1, -0.05) is 0 Å². The first-order chi connectivity index (χ1) is 5.58. The highest BCUT2D eigenvalue weighted by atomic mass is 19.4. The summed E-state index contributed by atoms with van der Waals surface area (Å²) in [6.07, 6.45) is -2.01. The summed E-state index contributed by atoms with van der Waals surface area (Å²) in [5.41, 5.74) is 0. The fourth-order valence-corrected chi connectivity index (χ4v) is 0.603. The van der Waals surface area contributed by atoms with Crippen LogP contribution in [0.5, 0.6) is 0 Å². The second-order valence-electron chi connectivity index (χ2n) is 1.95. The van der Waals surface area contributed by atoms with Crippen molar-refractivity contribution in [1.29, 1.82) is 0 Å². The van der Waals surface area contributed by atoms with Crippen LogP contribution in [-0.4, -0.2) is 27.7 Å². The third-order valence-corrected chi connectivity index (χ3v) is 1.05. The molecule has 68 valence electrons. The fraction of sp³-hybridized carbons (Fsp3) is 0.600. The highest BCUT2D eigenvalue weighted by Gasteiger charge is 2.28. The summed E-state index contributed by atoms with van der Waals surface area (Å²) in [5, 5.41) is 3.59. The lowest BCUT2D eigenvalue weighted by Crippen LogP contribution is -2.17. The van der Waals surface area contributed by atoms with Gasteiger partial charge in [-0.05, 0) is 0 Å². The second-order valence-corrected chi connectivity index (χ2v) is 1.95.